The van der Waals surface area contributed by atoms with Crippen LogP contribution in [0.25, 0.3) is 11.1 Å². The maximum atomic E-state index is 13.1. The van der Waals surface area contributed by atoms with Crippen LogP contribution in [0.3, 0.4) is 0 Å². The highest BCUT2D eigenvalue weighted by atomic mass is 16.3. The molecule has 3 aromatic carbocycles. The first-order valence-corrected chi connectivity index (χ1v) is 10.5. The second-order valence-corrected chi connectivity index (χ2v) is 7.58. The smallest absolute Gasteiger partial charge is 0.242 e. The van der Waals surface area contributed by atoms with Gasteiger partial charge in [0, 0.05) is 29.6 Å². The van der Waals surface area contributed by atoms with Crippen molar-refractivity contribution in [2.45, 2.75) is 18.6 Å². The number of hydrogen-bond donors (Lipinski definition) is 3. The molecule has 0 aliphatic heterocycles. The van der Waals surface area contributed by atoms with Gasteiger partial charge in [-0.25, -0.2) is 0 Å². The first-order chi connectivity index (χ1) is 15.7. The molecule has 1 aromatic heterocycles. The van der Waals surface area contributed by atoms with Gasteiger partial charge in [-0.3, -0.25) is 9.78 Å². The lowest BCUT2D eigenvalue weighted by molar-refractivity contribution is -0.117. The molecule has 0 aliphatic carbocycles. The van der Waals surface area contributed by atoms with Gasteiger partial charge in [0.05, 0.1) is 12.6 Å². The van der Waals surface area contributed by atoms with Gasteiger partial charge < -0.3 is 16.2 Å². The number of amides is 1. The van der Waals surface area contributed by atoms with E-state index in [4.69, 9.17) is 5.73 Å². The first kappa shape index (κ1) is 21.4. The molecule has 5 nitrogen and oxygen atoms in total. The molecule has 0 radical (unpaired) electrons. The topological polar surface area (TPSA) is 88.2 Å². The molecule has 4 aromatic rings. The van der Waals surface area contributed by atoms with E-state index >= 15 is 0 Å². The van der Waals surface area contributed by atoms with Crippen LogP contribution in [0.4, 0.5) is 5.69 Å². The quantitative estimate of drug-likeness (QED) is 0.413. The molecule has 1 heterocycles. The number of aliphatic hydroxyl groups excluding tert-OH is 1. The van der Waals surface area contributed by atoms with Gasteiger partial charge >= 0.3 is 0 Å². The normalized spacial score (nSPS) is 11.8. The fourth-order valence-corrected chi connectivity index (χ4v) is 3.87. The van der Waals surface area contributed by atoms with Crippen molar-refractivity contribution in [3.05, 3.63) is 120 Å². The highest BCUT2D eigenvalue weighted by Crippen LogP contribution is 2.28. The van der Waals surface area contributed by atoms with Crippen LogP contribution in [0.2, 0.25) is 0 Å². The van der Waals surface area contributed by atoms with Crippen molar-refractivity contribution in [2.24, 2.45) is 5.73 Å². The Kier molecular flexibility index (Phi) is 6.70. The maximum absolute atomic E-state index is 13.1. The van der Waals surface area contributed by atoms with Gasteiger partial charge in [-0.2, -0.15) is 0 Å². The van der Waals surface area contributed by atoms with Gasteiger partial charge in [0.1, 0.15) is 0 Å². The van der Waals surface area contributed by atoms with E-state index in [1.807, 2.05) is 91.0 Å². The Morgan fingerprint density at radius 3 is 2.03 bits per heavy atom. The van der Waals surface area contributed by atoms with Crippen LogP contribution in [-0.4, -0.2) is 22.0 Å². The molecule has 4 N–H and O–H groups in total. The molecule has 1 unspecified atom stereocenters. The monoisotopic (exact) mass is 423 g/mol. The summed E-state index contributed by atoms with van der Waals surface area (Å²) < 4.78 is 0. The molecule has 0 spiro atoms. The van der Waals surface area contributed by atoms with Crippen LogP contribution in [0.5, 0.6) is 0 Å². The molecule has 0 bridgehead atoms. The van der Waals surface area contributed by atoms with Gasteiger partial charge in [-0.1, -0.05) is 72.8 Å². The lowest BCUT2D eigenvalue weighted by Crippen LogP contribution is -2.41. The fourth-order valence-electron chi connectivity index (χ4n) is 3.87. The third-order valence-electron chi connectivity index (χ3n) is 5.52. The number of nitrogens with zero attached hydrogens (tertiary/aromatic N) is 1. The van der Waals surface area contributed by atoms with Crippen molar-refractivity contribution in [2.75, 3.05) is 5.32 Å². The van der Waals surface area contributed by atoms with E-state index in [9.17, 15) is 9.90 Å². The van der Waals surface area contributed by atoms with E-state index in [1.54, 1.807) is 12.4 Å². The first-order valence-electron chi connectivity index (χ1n) is 10.5. The predicted molar refractivity (Wildman–Crippen MR) is 127 cm³/mol. The Morgan fingerprint density at radius 1 is 0.875 bits per heavy atom. The SMILES string of the molecule is NC(C(=O)Nc1ccc(-c2ccncc2CO)cc1)C(c1ccccc1)c1ccccc1. The Hall–Kier alpha value is -3.80. The minimum atomic E-state index is -0.763. The number of anilines is 1. The summed E-state index contributed by atoms with van der Waals surface area (Å²) in [7, 11) is 0. The van der Waals surface area contributed by atoms with Gasteiger partial charge in [0.2, 0.25) is 5.91 Å². The number of carbonyl (C=O) groups is 1. The summed E-state index contributed by atoms with van der Waals surface area (Å²) in [6, 6.07) is 28.3. The minimum absolute atomic E-state index is 0.0864. The Balaban J connectivity index is 1.54. The predicted octanol–water partition coefficient (Wildman–Crippen LogP) is 4.34. The lowest BCUT2D eigenvalue weighted by Gasteiger charge is -2.24. The number of nitrogens with two attached hydrogens (primary N) is 1. The van der Waals surface area contributed by atoms with Gasteiger partial charge in [0.25, 0.3) is 0 Å². The average molecular weight is 424 g/mol. The van der Waals surface area contributed by atoms with E-state index in [2.05, 4.69) is 10.3 Å². The van der Waals surface area contributed by atoms with E-state index in [-0.39, 0.29) is 18.4 Å². The van der Waals surface area contributed by atoms with Crippen LogP contribution >= 0.6 is 0 Å². The Bertz CT molecular complexity index is 1120. The second-order valence-electron chi connectivity index (χ2n) is 7.58. The van der Waals surface area contributed by atoms with Gasteiger partial charge in [0.15, 0.2) is 0 Å². The van der Waals surface area contributed by atoms with Crippen molar-refractivity contribution in [1.29, 1.82) is 0 Å². The number of nitrogens with one attached hydrogen (secondary N) is 1. The number of aliphatic hydroxyl groups is 1. The summed E-state index contributed by atoms with van der Waals surface area (Å²) in [5.74, 6) is -0.518. The summed E-state index contributed by atoms with van der Waals surface area (Å²) in [5.41, 5.74) is 11.7. The Labute approximate surface area is 187 Å². The zero-order valence-electron chi connectivity index (χ0n) is 17.6. The summed E-state index contributed by atoms with van der Waals surface area (Å²) in [5, 5.41) is 12.5. The highest BCUT2D eigenvalue weighted by Gasteiger charge is 2.27. The molecule has 32 heavy (non-hydrogen) atoms. The fraction of sp³-hybridized carbons (Fsp3) is 0.111. The molecule has 1 amide bonds. The van der Waals surface area contributed by atoms with E-state index in [1.165, 1.54) is 0 Å². The van der Waals surface area contributed by atoms with Crippen LogP contribution in [-0.2, 0) is 11.4 Å². The molecule has 0 saturated carbocycles. The number of pyridine rings is 1. The van der Waals surface area contributed by atoms with Crippen LogP contribution in [0.15, 0.2) is 103 Å². The number of aromatic nitrogens is 1. The Morgan fingerprint density at radius 2 is 1.47 bits per heavy atom. The third-order valence-corrected chi connectivity index (χ3v) is 5.52. The molecule has 160 valence electrons. The van der Waals surface area contributed by atoms with Crippen molar-refractivity contribution >= 4 is 11.6 Å². The zero-order chi connectivity index (χ0) is 22.3. The minimum Gasteiger partial charge on any atom is -0.392 e. The van der Waals surface area contributed by atoms with Crippen LogP contribution in [0.1, 0.15) is 22.6 Å². The second kappa shape index (κ2) is 10.0. The average Bonchev–Trinajstić information content (AvgIpc) is 2.86. The molecule has 0 aliphatic rings. The summed E-state index contributed by atoms with van der Waals surface area (Å²) in [6.07, 6.45) is 3.34. The third kappa shape index (κ3) is 4.75. The molecular weight excluding hydrogens is 398 g/mol. The van der Waals surface area contributed by atoms with Crippen LogP contribution in [0, 0.1) is 0 Å². The van der Waals surface area contributed by atoms with Crippen molar-refractivity contribution in [1.82, 2.24) is 4.98 Å². The van der Waals surface area contributed by atoms with E-state index < -0.39 is 6.04 Å². The molecule has 4 rings (SSSR count). The van der Waals surface area contributed by atoms with E-state index in [0.29, 0.717) is 5.69 Å². The molecular formula is C27H25N3O2. The van der Waals surface area contributed by atoms with Crippen LogP contribution < -0.4 is 11.1 Å². The number of benzene rings is 3. The number of rotatable bonds is 7. The summed E-state index contributed by atoms with van der Waals surface area (Å²) in [6.45, 7) is -0.0864. The summed E-state index contributed by atoms with van der Waals surface area (Å²) >= 11 is 0. The number of carbonyl (C=O) groups excluding carboxylic acids is 1. The molecule has 0 fully saturated rings. The van der Waals surface area contributed by atoms with Crippen molar-refractivity contribution in [3.63, 3.8) is 0 Å². The van der Waals surface area contributed by atoms with E-state index in [0.717, 1.165) is 27.8 Å². The summed E-state index contributed by atoms with van der Waals surface area (Å²) in [4.78, 5) is 17.1. The maximum Gasteiger partial charge on any atom is 0.242 e. The van der Waals surface area contributed by atoms with Gasteiger partial charge in [-0.15, -0.1) is 0 Å². The van der Waals surface area contributed by atoms with Gasteiger partial charge in [-0.05, 0) is 40.5 Å². The standard InChI is InChI=1S/C27H25N3O2/c28-26(25(20-7-3-1-4-8-20)21-9-5-2-6-10-21)27(32)30-23-13-11-19(12-14-23)24-15-16-29-17-22(24)18-31/h1-17,25-26,31H,18,28H2,(H,30,32). The number of hydrogen-bond acceptors (Lipinski definition) is 4. The molecule has 1 atom stereocenters. The largest absolute Gasteiger partial charge is 0.392 e. The lowest BCUT2D eigenvalue weighted by atomic mass is 9.85. The zero-order valence-corrected chi connectivity index (χ0v) is 17.6. The molecule has 0 saturated heterocycles. The van der Waals surface area contributed by atoms with Crippen molar-refractivity contribution < 1.29 is 9.90 Å². The highest BCUT2D eigenvalue weighted by molar-refractivity contribution is 5.96. The van der Waals surface area contributed by atoms with Crippen molar-refractivity contribution in [3.8, 4) is 11.1 Å². The molecule has 5 heteroatoms.